The molecule has 3 heterocycles. The number of hydrogen-bond acceptors (Lipinski definition) is 4. The van der Waals surface area contributed by atoms with Gasteiger partial charge in [0.05, 0.1) is 12.0 Å². The lowest BCUT2D eigenvalue weighted by Gasteiger charge is -2.34. The first kappa shape index (κ1) is 21.2. The summed E-state index contributed by atoms with van der Waals surface area (Å²) >= 11 is 6.02. The molecule has 1 aromatic carbocycles. The summed E-state index contributed by atoms with van der Waals surface area (Å²) in [6, 6.07) is 12.6. The molecule has 2 aromatic heterocycles. The summed E-state index contributed by atoms with van der Waals surface area (Å²) in [7, 11) is 0. The number of benzene rings is 1. The van der Waals surface area contributed by atoms with E-state index in [4.69, 9.17) is 16.0 Å². The molecular weight excluding hydrogens is 416 g/mol. The third kappa shape index (κ3) is 4.66. The van der Waals surface area contributed by atoms with Crippen LogP contribution in [0.2, 0.25) is 5.02 Å². The molecule has 0 radical (unpaired) electrons. The second kappa shape index (κ2) is 8.98. The van der Waals surface area contributed by atoms with Gasteiger partial charge in [-0.3, -0.25) is 9.59 Å². The van der Waals surface area contributed by atoms with Gasteiger partial charge in [0.2, 0.25) is 5.91 Å². The molecule has 0 saturated carbocycles. The molecule has 8 heteroatoms. The van der Waals surface area contributed by atoms with Crippen LogP contribution in [0.5, 0.6) is 0 Å². The molecule has 162 valence electrons. The number of halogens is 1. The lowest BCUT2D eigenvalue weighted by atomic mass is 10.1. The monoisotopic (exact) mass is 440 g/mol. The van der Waals surface area contributed by atoms with E-state index in [1.807, 2.05) is 36.9 Å². The Balaban J connectivity index is 1.55. The van der Waals surface area contributed by atoms with Crippen LogP contribution in [0.3, 0.4) is 0 Å². The van der Waals surface area contributed by atoms with E-state index in [-0.39, 0.29) is 11.8 Å². The van der Waals surface area contributed by atoms with Gasteiger partial charge in [-0.1, -0.05) is 25.4 Å². The van der Waals surface area contributed by atoms with Gasteiger partial charge >= 0.3 is 0 Å². The minimum Gasteiger partial charge on any atom is -0.463 e. The highest BCUT2D eigenvalue weighted by Gasteiger charge is 2.27. The molecule has 4 rings (SSSR count). The maximum atomic E-state index is 13.2. The molecule has 2 amide bonds. The van der Waals surface area contributed by atoms with Crippen LogP contribution < -0.4 is 0 Å². The molecule has 0 spiro atoms. The molecule has 0 atom stereocenters. The zero-order valence-electron chi connectivity index (χ0n) is 17.6. The van der Waals surface area contributed by atoms with Crippen molar-refractivity contribution in [3.8, 4) is 17.1 Å². The van der Waals surface area contributed by atoms with E-state index in [1.54, 1.807) is 40.1 Å². The maximum Gasteiger partial charge on any atom is 0.274 e. The van der Waals surface area contributed by atoms with Crippen molar-refractivity contribution in [1.82, 2.24) is 19.6 Å². The average molecular weight is 441 g/mol. The van der Waals surface area contributed by atoms with Gasteiger partial charge < -0.3 is 14.2 Å². The number of amides is 2. The van der Waals surface area contributed by atoms with Crippen LogP contribution in [-0.4, -0.2) is 57.6 Å². The number of nitrogens with zero attached hydrogens (tertiary/aromatic N) is 4. The average Bonchev–Trinajstić information content (AvgIpc) is 3.43. The molecular formula is C23H25ClN4O3. The molecule has 3 aromatic rings. The van der Waals surface area contributed by atoms with E-state index in [0.29, 0.717) is 60.7 Å². The van der Waals surface area contributed by atoms with Crippen molar-refractivity contribution >= 4 is 23.4 Å². The third-order valence-electron chi connectivity index (χ3n) is 5.28. The fraction of sp³-hybridized carbons (Fsp3) is 0.348. The maximum absolute atomic E-state index is 13.2. The summed E-state index contributed by atoms with van der Waals surface area (Å²) in [5.41, 5.74) is 1.80. The molecule has 0 aliphatic carbocycles. The summed E-state index contributed by atoms with van der Waals surface area (Å²) < 4.78 is 7.25. The van der Waals surface area contributed by atoms with Crippen molar-refractivity contribution in [2.75, 3.05) is 26.2 Å². The summed E-state index contributed by atoms with van der Waals surface area (Å²) in [4.78, 5) is 29.1. The summed E-state index contributed by atoms with van der Waals surface area (Å²) in [6.45, 7) is 6.14. The summed E-state index contributed by atoms with van der Waals surface area (Å²) in [5, 5.41) is 5.20. The lowest BCUT2D eigenvalue weighted by molar-refractivity contribution is -0.133. The van der Waals surface area contributed by atoms with Crippen LogP contribution in [0.25, 0.3) is 17.1 Å². The highest BCUT2D eigenvalue weighted by molar-refractivity contribution is 6.30. The number of rotatable bonds is 5. The largest absolute Gasteiger partial charge is 0.463 e. The van der Waals surface area contributed by atoms with Crippen LogP contribution in [0.4, 0.5) is 0 Å². The summed E-state index contributed by atoms with van der Waals surface area (Å²) in [6.07, 6.45) is 2.12. The number of hydrogen-bond donors (Lipinski definition) is 0. The van der Waals surface area contributed by atoms with Gasteiger partial charge in [-0.15, -0.1) is 0 Å². The second-order valence-corrected chi connectivity index (χ2v) is 8.49. The van der Waals surface area contributed by atoms with Crippen LogP contribution in [0, 0.1) is 5.92 Å². The Morgan fingerprint density at radius 1 is 1.06 bits per heavy atom. The minimum absolute atomic E-state index is 0.147. The normalized spacial score (nSPS) is 14.3. The molecule has 0 bridgehead atoms. The number of aromatic nitrogens is 2. The molecule has 0 N–H and O–H groups in total. The van der Waals surface area contributed by atoms with E-state index in [2.05, 4.69) is 5.10 Å². The molecule has 7 nitrogen and oxygen atoms in total. The van der Waals surface area contributed by atoms with Crippen molar-refractivity contribution in [2.24, 2.45) is 5.92 Å². The predicted octanol–water partition coefficient (Wildman–Crippen LogP) is 4.12. The van der Waals surface area contributed by atoms with Crippen molar-refractivity contribution < 1.29 is 14.0 Å². The standard InChI is InChI=1S/C23H25ClN4O3/c1-16(2)14-22(29)26-9-11-27(12-10-26)23(30)19-15-20(21-4-3-13-31-21)28(25-19)18-7-5-17(24)6-8-18/h3-8,13,15-16H,9-12,14H2,1-2H3. The Morgan fingerprint density at radius 3 is 2.35 bits per heavy atom. The Kier molecular flexibility index (Phi) is 6.13. The highest BCUT2D eigenvalue weighted by atomic mass is 35.5. The van der Waals surface area contributed by atoms with Gasteiger partial charge in [0.25, 0.3) is 5.91 Å². The zero-order valence-corrected chi connectivity index (χ0v) is 18.4. The van der Waals surface area contributed by atoms with Crippen LogP contribution in [-0.2, 0) is 4.79 Å². The van der Waals surface area contributed by atoms with E-state index in [1.165, 1.54) is 0 Å². The minimum atomic E-state index is -0.156. The topological polar surface area (TPSA) is 71.6 Å². The van der Waals surface area contributed by atoms with E-state index in [0.717, 1.165) is 5.69 Å². The van der Waals surface area contributed by atoms with Crippen molar-refractivity contribution in [3.63, 3.8) is 0 Å². The van der Waals surface area contributed by atoms with Gasteiger partial charge in [-0.2, -0.15) is 5.10 Å². The fourth-order valence-electron chi connectivity index (χ4n) is 3.66. The Hall–Kier alpha value is -3.06. The smallest absolute Gasteiger partial charge is 0.274 e. The van der Waals surface area contributed by atoms with Gasteiger partial charge in [-0.05, 0) is 42.3 Å². The first-order chi connectivity index (χ1) is 14.9. The van der Waals surface area contributed by atoms with Crippen LogP contribution in [0.1, 0.15) is 30.8 Å². The van der Waals surface area contributed by atoms with Crippen molar-refractivity contribution in [2.45, 2.75) is 20.3 Å². The van der Waals surface area contributed by atoms with Crippen molar-refractivity contribution in [1.29, 1.82) is 0 Å². The van der Waals surface area contributed by atoms with Crippen LogP contribution in [0.15, 0.2) is 53.1 Å². The molecule has 0 unspecified atom stereocenters. The van der Waals surface area contributed by atoms with Crippen molar-refractivity contribution in [3.05, 3.63) is 59.4 Å². The third-order valence-corrected chi connectivity index (χ3v) is 5.53. The van der Waals surface area contributed by atoms with Gasteiger partial charge in [0, 0.05) is 43.7 Å². The first-order valence-electron chi connectivity index (χ1n) is 10.4. The Morgan fingerprint density at radius 2 is 1.74 bits per heavy atom. The lowest BCUT2D eigenvalue weighted by Crippen LogP contribution is -2.50. The van der Waals surface area contributed by atoms with E-state index < -0.39 is 0 Å². The van der Waals surface area contributed by atoms with E-state index in [9.17, 15) is 9.59 Å². The molecule has 1 fully saturated rings. The molecule has 1 aliphatic rings. The molecule has 1 saturated heterocycles. The van der Waals surface area contributed by atoms with Gasteiger partial charge in [-0.25, -0.2) is 4.68 Å². The highest BCUT2D eigenvalue weighted by Crippen LogP contribution is 2.26. The number of furan rings is 1. The number of carbonyl (C=O) groups is 2. The van der Waals surface area contributed by atoms with Gasteiger partial charge in [0.1, 0.15) is 5.69 Å². The Bertz CT molecular complexity index is 1050. The number of carbonyl (C=O) groups excluding carboxylic acids is 2. The zero-order chi connectivity index (χ0) is 22.0. The quantitative estimate of drug-likeness (QED) is 0.598. The summed E-state index contributed by atoms with van der Waals surface area (Å²) in [5.74, 6) is 0.931. The number of piperazine rings is 1. The second-order valence-electron chi connectivity index (χ2n) is 8.05. The predicted molar refractivity (Wildman–Crippen MR) is 118 cm³/mol. The Labute approximate surface area is 186 Å². The first-order valence-corrected chi connectivity index (χ1v) is 10.8. The van der Waals surface area contributed by atoms with Gasteiger partial charge in [0.15, 0.2) is 11.5 Å². The molecule has 1 aliphatic heterocycles. The van der Waals surface area contributed by atoms with E-state index >= 15 is 0 Å². The van der Waals surface area contributed by atoms with Crippen LogP contribution >= 0.6 is 11.6 Å². The molecule has 31 heavy (non-hydrogen) atoms. The fourth-order valence-corrected chi connectivity index (χ4v) is 3.79. The SMILES string of the molecule is CC(C)CC(=O)N1CCN(C(=O)c2cc(-c3ccco3)n(-c3ccc(Cl)cc3)n2)CC1.